The van der Waals surface area contributed by atoms with E-state index in [-0.39, 0.29) is 0 Å². The molecule has 1 saturated heterocycles. The van der Waals surface area contributed by atoms with Crippen molar-refractivity contribution in [2.75, 3.05) is 13.1 Å². The molecule has 0 aromatic heterocycles. The molecule has 0 atom stereocenters. The van der Waals surface area contributed by atoms with Gasteiger partial charge >= 0.3 is 0 Å². The zero-order valence-corrected chi connectivity index (χ0v) is 7.49. The average Bonchev–Trinajstić information content (AvgIpc) is 1.88. The molecular formula is C8H15ClN+. The fourth-order valence-electron chi connectivity index (χ4n) is 1.30. The minimum atomic E-state index is 0.426. The van der Waals surface area contributed by atoms with Gasteiger partial charge in [-0.2, -0.15) is 0 Å². The van der Waals surface area contributed by atoms with E-state index < -0.39 is 0 Å². The third-order valence-corrected chi connectivity index (χ3v) is 2.49. The second-order valence-corrected chi connectivity index (χ2v) is 3.73. The number of hydrogen-bond acceptors (Lipinski definition) is 0. The molecule has 1 heterocycles. The van der Waals surface area contributed by atoms with Gasteiger partial charge in [0.05, 0.1) is 0 Å². The Labute approximate surface area is 67.7 Å². The summed E-state index contributed by atoms with van der Waals surface area (Å²) in [6, 6.07) is 0. The Morgan fingerprint density at radius 2 is 1.80 bits per heavy atom. The van der Waals surface area contributed by atoms with Crippen molar-refractivity contribution >= 4 is 17.3 Å². The summed E-state index contributed by atoms with van der Waals surface area (Å²) in [5, 5.41) is 0.426. The third-order valence-electron chi connectivity index (χ3n) is 2.06. The topological polar surface area (TPSA) is 3.01 Å². The van der Waals surface area contributed by atoms with E-state index in [1.165, 1.54) is 5.71 Å². The van der Waals surface area contributed by atoms with Crippen LogP contribution in [0.1, 0.15) is 26.7 Å². The second-order valence-electron chi connectivity index (χ2n) is 3.11. The molecule has 0 amide bonds. The number of alkyl halides is 1. The van der Waals surface area contributed by atoms with Crippen LogP contribution >= 0.6 is 11.6 Å². The average molecular weight is 161 g/mol. The van der Waals surface area contributed by atoms with Gasteiger partial charge in [0.2, 0.25) is 0 Å². The summed E-state index contributed by atoms with van der Waals surface area (Å²) in [4.78, 5) is 0. The van der Waals surface area contributed by atoms with Crippen molar-refractivity contribution in [3.05, 3.63) is 0 Å². The molecule has 0 saturated carbocycles. The van der Waals surface area contributed by atoms with Crippen molar-refractivity contribution in [2.24, 2.45) is 0 Å². The monoisotopic (exact) mass is 160 g/mol. The van der Waals surface area contributed by atoms with Crippen LogP contribution in [0, 0.1) is 0 Å². The maximum Gasteiger partial charge on any atom is 0.146 e. The van der Waals surface area contributed by atoms with Crippen molar-refractivity contribution in [2.45, 2.75) is 32.1 Å². The van der Waals surface area contributed by atoms with E-state index in [9.17, 15) is 0 Å². The Bertz CT molecular complexity index is 137. The molecule has 0 spiro atoms. The van der Waals surface area contributed by atoms with E-state index in [0.717, 1.165) is 25.9 Å². The lowest BCUT2D eigenvalue weighted by molar-refractivity contribution is -0.537. The van der Waals surface area contributed by atoms with Gasteiger partial charge in [-0.1, -0.05) is 0 Å². The lowest BCUT2D eigenvalue weighted by Crippen LogP contribution is -2.29. The molecule has 2 heteroatoms. The van der Waals surface area contributed by atoms with Crippen LogP contribution in [-0.2, 0) is 0 Å². The fraction of sp³-hybridized carbons (Fsp3) is 0.875. The zero-order chi connectivity index (χ0) is 7.56. The normalized spacial score (nSPS) is 26.7. The molecule has 0 bridgehead atoms. The first kappa shape index (κ1) is 8.06. The summed E-state index contributed by atoms with van der Waals surface area (Å²) < 4.78 is 2.40. The molecule has 0 aromatic rings. The molecule has 1 rings (SSSR count). The fourth-order valence-corrected chi connectivity index (χ4v) is 1.49. The van der Waals surface area contributed by atoms with Crippen LogP contribution in [0.15, 0.2) is 0 Å². The van der Waals surface area contributed by atoms with Crippen molar-refractivity contribution in [3.63, 3.8) is 0 Å². The largest absolute Gasteiger partial charge is 0.237 e. The second kappa shape index (κ2) is 3.38. The summed E-state index contributed by atoms with van der Waals surface area (Å²) in [7, 11) is 0. The molecule has 1 nitrogen and oxygen atoms in total. The summed E-state index contributed by atoms with van der Waals surface area (Å²) in [5.74, 6) is 0. The number of piperidine rings is 1. The SMILES string of the molecule is CC(C)=[N+]1CCC(Cl)CC1. The van der Waals surface area contributed by atoms with Crippen LogP contribution in [0.25, 0.3) is 0 Å². The number of halogens is 1. The van der Waals surface area contributed by atoms with Gasteiger partial charge in [0, 0.05) is 32.1 Å². The minimum absolute atomic E-state index is 0.426. The van der Waals surface area contributed by atoms with E-state index in [2.05, 4.69) is 18.4 Å². The first-order valence-corrected chi connectivity index (χ1v) is 4.33. The van der Waals surface area contributed by atoms with Gasteiger partial charge in [0.15, 0.2) is 0 Å². The molecular weight excluding hydrogens is 146 g/mol. The molecule has 0 radical (unpaired) electrons. The summed E-state index contributed by atoms with van der Waals surface area (Å²) >= 11 is 5.95. The maximum atomic E-state index is 5.95. The molecule has 0 unspecified atom stereocenters. The summed E-state index contributed by atoms with van der Waals surface area (Å²) in [6.07, 6.45) is 2.29. The van der Waals surface area contributed by atoms with Crippen LogP contribution in [0.3, 0.4) is 0 Å². The maximum absolute atomic E-state index is 5.95. The molecule has 1 aliphatic heterocycles. The minimum Gasteiger partial charge on any atom is -0.237 e. The van der Waals surface area contributed by atoms with Crippen LogP contribution in [0.5, 0.6) is 0 Å². The number of nitrogens with zero attached hydrogens (tertiary/aromatic N) is 1. The smallest absolute Gasteiger partial charge is 0.146 e. The van der Waals surface area contributed by atoms with E-state index >= 15 is 0 Å². The van der Waals surface area contributed by atoms with Crippen molar-refractivity contribution in [3.8, 4) is 0 Å². The standard InChI is InChI=1S/C8H15ClN/c1-7(2)10-5-3-8(9)4-6-10/h8H,3-6H2,1-2H3/q+1. The summed E-state index contributed by atoms with van der Waals surface area (Å²) in [5.41, 5.74) is 1.42. The van der Waals surface area contributed by atoms with Crippen LogP contribution in [-0.4, -0.2) is 28.8 Å². The predicted molar refractivity (Wildman–Crippen MR) is 45.2 cm³/mol. The molecule has 0 aromatic carbocycles. The van der Waals surface area contributed by atoms with Gasteiger partial charge in [-0.15, -0.1) is 11.6 Å². The van der Waals surface area contributed by atoms with Crippen LogP contribution in [0.2, 0.25) is 0 Å². The van der Waals surface area contributed by atoms with Gasteiger partial charge < -0.3 is 0 Å². The number of rotatable bonds is 0. The highest BCUT2D eigenvalue weighted by Crippen LogP contribution is 2.12. The lowest BCUT2D eigenvalue weighted by Gasteiger charge is -2.15. The Morgan fingerprint density at radius 3 is 2.20 bits per heavy atom. The Morgan fingerprint density at radius 1 is 1.30 bits per heavy atom. The quantitative estimate of drug-likeness (QED) is 0.376. The lowest BCUT2D eigenvalue weighted by atomic mass is 10.1. The van der Waals surface area contributed by atoms with Crippen molar-refractivity contribution < 1.29 is 4.58 Å². The molecule has 0 N–H and O–H groups in total. The highest BCUT2D eigenvalue weighted by atomic mass is 35.5. The van der Waals surface area contributed by atoms with E-state index in [0.29, 0.717) is 5.38 Å². The first-order chi connectivity index (χ1) is 4.70. The third kappa shape index (κ3) is 1.98. The Kier molecular flexibility index (Phi) is 2.72. The summed E-state index contributed by atoms with van der Waals surface area (Å²) in [6.45, 7) is 6.62. The van der Waals surface area contributed by atoms with Gasteiger partial charge in [0.1, 0.15) is 18.8 Å². The molecule has 1 fully saturated rings. The van der Waals surface area contributed by atoms with Gasteiger partial charge in [-0.3, -0.25) is 0 Å². The predicted octanol–water partition coefficient (Wildman–Crippen LogP) is 1.88. The molecule has 58 valence electrons. The Hall–Kier alpha value is -0.0400. The van der Waals surface area contributed by atoms with Gasteiger partial charge in [-0.05, 0) is 0 Å². The van der Waals surface area contributed by atoms with Crippen LogP contribution in [0.4, 0.5) is 0 Å². The van der Waals surface area contributed by atoms with E-state index in [4.69, 9.17) is 11.6 Å². The molecule has 1 aliphatic rings. The highest BCUT2D eigenvalue weighted by molar-refractivity contribution is 6.20. The number of hydrogen-bond donors (Lipinski definition) is 0. The molecule has 0 aliphatic carbocycles. The zero-order valence-electron chi connectivity index (χ0n) is 6.73. The van der Waals surface area contributed by atoms with E-state index in [1.807, 2.05) is 0 Å². The van der Waals surface area contributed by atoms with Crippen LogP contribution < -0.4 is 0 Å². The van der Waals surface area contributed by atoms with Crippen molar-refractivity contribution in [1.82, 2.24) is 0 Å². The highest BCUT2D eigenvalue weighted by Gasteiger charge is 2.19. The van der Waals surface area contributed by atoms with Crippen molar-refractivity contribution in [1.29, 1.82) is 0 Å². The van der Waals surface area contributed by atoms with Gasteiger partial charge in [-0.25, -0.2) is 4.58 Å². The first-order valence-electron chi connectivity index (χ1n) is 3.89. The Balaban J connectivity index is 2.48. The molecule has 10 heavy (non-hydrogen) atoms. The van der Waals surface area contributed by atoms with Gasteiger partial charge in [0.25, 0.3) is 0 Å². The van der Waals surface area contributed by atoms with E-state index in [1.54, 1.807) is 0 Å².